The smallest absolute Gasteiger partial charge is 0.242 e. The second kappa shape index (κ2) is 10.3. The van der Waals surface area contributed by atoms with Crippen molar-refractivity contribution in [2.75, 3.05) is 19.5 Å². The summed E-state index contributed by atoms with van der Waals surface area (Å²) in [5, 5.41) is 2.77. The first kappa shape index (κ1) is 23.3. The monoisotopic (exact) mass is 454 g/mol. The van der Waals surface area contributed by atoms with Crippen LogP contribution < -0.4 is 19.5 Å². The van der Waals surface area contributed by atoms with Gasteiger partial charge in [-0.15, -0.1) is 0 Å². The lowest BCUT2D eigenvalue weighted by Gasteiger charge is -2.19. The normalized spacial score (nSPS) is 12.1. The third-order valence-electron chi connectivity index (χ3n) is 4.91. The number of carbonyl (C=O) groups excluding carboxylic acids is 1. The van der Waals surface area contributed by atoms with Crippen LogP contribution in [0.1, 0.15) is 11.1 Å². The largest absolute Gasteiger partial charge is 0.497 e. The molecule has 1 atom stereocenters. The summed E-state index contributed by atoms with van der Waals surface area (Å²) in [5.41, 5.74) is 2.01. The Labute approximate surface area is 188 Å². The van der Waals surface area contributed by atoms with Crippen molar-refractivity contribution in [1.82, 2.24) is 4.72 Å². The topological polar surface area (TPSA) is 93.7 Å². The molecule has 0 spiro atoms. The fourth-order valence-electron chi connectivity index (χ4n) is 3.24. The third kappa shape index (κ3) is 5.87. The summed E-state index contributed by atoms with van der Waals surface area (Å²) in [6.45, 7) is 1.76. The zero-order valence-corrected chi connectivity index (χ0v) is 19.0. The van der Waals surface area contributed by atoms with Crippen LogP contribution in [-0.2, 0) is 21.2 Å². The standard InChI is InChI=1S/C24H26N2O5S/c1-17-14-21(12-13-23(17)31-3)32(28,29)26-22(15-18-8-5-4-6-9-18)24(27)25-19-10-7-11-20(16-19)30-2/h4-14,16,22,26H,15H2,1-3H3,(H,25,27)/t22-/m1/s1. The van der Waals surface area contributed by atoms with Crippen molar-refractivity contribution in [3.8, 4) is 11.5 Å². The number of rotatable bonds is 9. The zero-order valence-electron chi connectivity index (χ0n) is 18.2. The Hall–Kier alpha value is -3.36. The van der Waals surface area contributed by atoms with E-state index in [-0.39, 0.29) is 11.3 Å². The van der Waals surface area contributed by atoms with Crippen molar-refractivity contribution in [3.05, 3.63) is 83.9 Å². The molecule has 0 unspecified atom stereocenters. The van der Waals surface area contributed by atoms with Crippen LogP contribution in [0, 0.1) is 6.92 Å². The molecule has 2 N–H and O–H groups in total. The number of ether oxygens (including phenoxy) is 2. The lowest BCUT2D eigenvalue weighted by atomic mass is 10.1. The van der Waals surface area contributed by atoms with Gasteiger partial charge in [-0.1, -0.05) is 36.4 Å². The molecule has 0 heterocycles. The second-order valence-electron chi connectivity index (χ2n) is 7.22. The van der Waals surface area contributed by atoms with E-state index in [0.29, 0.717) is 22.7 Å². The van der Waals surface area contributed by atoms with E-state index >= 15 is 0 Å². The van der Waals surface area contributed by atoms with Gasteiger partial charge in [0, 0.05) is 11.8 Å². The minimum Gasteiger partial charge on any atom is -0.497 e. The number of methoxy groups -OCH3 is 2. The molecule has 0 radical (unpaired) electrons. The molecule has 0 aromatic heterocycles. The van der Waals surface area contributed by atoms with Gasteiger partial charge >= 0.3 is 0 Å². The van der Waals surface area contributed by atoms with Crippen molar-refractivity contribution < 1.29 is 22.7 Å². The molecule has 3 aromatic carbocycles. The van der Waals surface area contributed by atoms with E-state index in [4.69, 9.17) is 9.47 Å². The van der Waals surface area contributed by atoms with E-state index in [1.807, 2.05) is 30.3 Å². The predicted molar refractivity (Wildman–Crippen MR) is 124 cm³/mol. The molecule has 0 saturated heterocycles. The van der Waals surface area contributed by atoms with Gasteiger partial charge in [-0.3, -0.25) is 4.79 Å². The van der Waals surface area contributed by atoms with E-state index in [1.54, 1.807) is 37.3 Å². The van der Waals surface area contributed by atoms with Crippen molar-refractivity contribution in [3.63, 3.8) is 0 Å². The number of benzene rings is 3. The number of sulfonamides is 1. The van der Waals surface area contributed by atoms with Gasteiger partial charge in [0.2, 0.25) is 15.9 Å². The maximum absolute atomic E-state index is 13.1. The molecule has 168 valence electrons. The SMILES string of the molecule is COc1cccc(NC(=O)[C@@H](Cc2ccccc2)NS(=O)(=O)c2ccc(OC)c(C)c2)c1. The lowest BCUT2D eigenvalue weighted by Crippen LogP contribution is -2.45. The van der Waals surface area contributed by atoms with Crippen LogP contribution in [0.5, 0.6) is 11.5 Å². The van der Waals surface area contributed by atoms with Crippen LogP contribution in [0.25, 0.3) is 0 Å². The maximum atomic E-state index is 13.1. The molecular weight excluding hydrogens is 428 g/mol. The predicted octanol–water partition coefficient (Wildman–Crippen LogP) is 3.54. The second-order valence-corrected chi connectivity index (χ2v) is 8.93. The Kier molecular flexibility index (Phi) is 7.50. The summed E-state index contributed by atoms with van der Waals surface area (Å²) in [6.07, 6.45) is 0.186. The highest BCUT2D eigenvalue weighted by Crippen LogP contribution is 2.22. The highest BCUT2D eigenvalue weighted by atomic mass is 32.2. The molecule has 0 aliphatic heterocycles. The molecule has 0 aliphatic rings. The molecule has 3 aromatic rings. The van der Waals surface area contributed by atoms with Gasteiger partial charge < -0.3 is 14.8 Å². The Morgan fingerprint density at radius 3 is 2.34 bits per heavy atom. The Morgan fingerprint density at radius 2 is 1.69 bits per heavy atom. The molecule has 0 saturated carbocycles. The van der Waals surface area contributed by atoms with E-state index in [0.717, 1.165) is 5.56 Å². The minimum absolute atomic E-state index is 0.0584. The van der Waals surface area contributed by atoms with Gasteiger partial charge in [0.1, 0.15) is 17.5 Å². The van der Waals surface area contributed by atoms with Crippen LogP contribution in [0.3, 0.4) is 0 Å². The minimum atomic E-state index is -3.97. The summed E-state index contributed by atoms with van der Waals surface area (Å²) in [7, 11) is -0.915. The molecule has 7 nitrogen and oxygen atoms in total. The van der Waals surface area contributed by atoms with Crippen molar-refractivity contribution in [2.24, 2.45) is 0 Å². The molecule has 0 bridgehead atoms. The highest BCUT2D eigenvalue weighted by Gasteiger charge is 2.27. The van der Waals surface area contributed by atoms with Gasteiger partial charge in [0.25, 0.3) is 0 Å². The van der Waals surface area contributed by atoms with Crippen molar-refractivity contribution in [1.29, 1.82) is 0 Å². The summed E-state index contributed by atoms with van der Waals surface area (Å²) in [6, 6.07) is 19.6. The number of aryl methyl sites for hydroxylation is 1. The first-order valence-electron chi connectivity index (χ1n) is 9.98. The van der Waals surface area contributed by atoms with Gasteiger partial charge in [0.05, 0.1) is 19.1 Å². The molecule has 1 amide bonds. The third-order valence-corrected chi connectivity index (χ3v) is 6.38. The van der Waals surface area contributed by atoms with Crippen LogP contribution in [0.4, 0.5) is 5.69 Å². The Morgan fingerprint density at radius 1 is 0.938 bits per heavy atom. The highest BCUT2D eigenvalue weighted by molar-refractivity contribution is 7.89. The fourth-order valence-corrected chi connectivity index (χ4v) is 4.52. The molecule has 3 rings (SSSR count). The molecule has 32 heavy (non-hydrogen) atoms. The van der Waals surface area contributed by atoms with E-state index < -0.39 is 22.0 Å². The lowest BCUT2D eigenvalue weighted by molar-refractivity contribution is -0.117. The van der Waals surface area contributed by atoms with Gasteiger partial charge in [-0.05, 0) is 54.8 Å². The summed E-state index contributed by atoms with van der Waals surface area (Å²) < 4.78 is 39.1. The maximum Gasteiger partial charge on any atom is 0.242 e. The summed E-state index contributed by atoms with van der Waals surface area (Å²) in [5.74, 6) is 0.688. The Balaban J connectivity index is 1.88. The van der Waals surface area contributed by atoms with Crippen LogP contribution >= 0.6 is 0 Å². The quantitative estimate of drug-likeness (QED) is 0.516. The molecule has 0 fully saturated rings. The zero-order chi connectivity index (χ0) is 23.1. The van der Waals surface area contributed by atoms with Crippen LogP contribution in [-0.4, -0.2) is 34.6 Å². The summed E-state index contributed by atoms with van der Waals surface area (Å²) in [4.78, 5) is 13.2. The van der Waals surface area contributed by atoms with Crippen molar-refractivity contribution in [2.45, 2.75) is 24.3 Å². The Bertz CT molecular complexity index is 1180. The first-order valence-corrected chi connectivity index (χ1v) is 11.5. The van der Waals surface area contributed by atoms with Crippen LogP contribution in [0.2, 0.25) is 0 Å². The van der Waals surface area contributed by atoms with Gasteiger partial charge in [-0.25, -0.2) is 8.42 Å². The van der Waals surface area contributed by atoms with Crippen LogP contribution in [0.15, 0.2) is 77.7 Å². The molecular formula is C24H26N2O5S. The van der Waals surface area contributed by atoms with E-state index in [2.05, 4.69) is 10.0 Å². The first-order chi connectivity index (χ1) is 15.3. The average molecular weight is 455 g/mol. The number of hydrogen-bond acceptors (Lipinski definition) is 5. The number of carbonyl (C=O) groups is 1. The van der Waals surface area contributed by atoms with Gasteiger partial charge in [0.15, 0.2) is 0 Å². The number of hydrogen-bond donors (Lipinski definition) is 2. The average Bonchev–Trinajstić information content (AvgIpc) is 2.79. The fraction of sp³-hybridized carbons (Fsp3) is 0.208. The molecule has 8 heteroatoms. The number of amides is 1. The van der Waals surface area contributed by atoms with Gasteiger partial charge in [-0.2, -0.15) is 4.72 Å². The summed E-state index contributed by atoms with van der Waals surface area (Å²) >= 11 is 0. The van der Waals surface area contributed by atoms with E-state index in [1.165, 1.54) is 26.4 Å². The molecule has 0 aliphatic carbocycles. The van der Waals surface area contributed by atoms with Crippen molar-refractivity contribution >= 4 is 21.6 Å². The number of nitrogens with one attached hydrogen (secondary N) is 2. The van der Waals surface area contributed by atoms with E-state index in [9.17, 15) is 13.2 Å². The number of anilines is 1.